The van der Waals surface area contributed by atoms with Crippen LogP contribution in [0, 0.1) is 0 Å². The molecule has 160 valence electrons. The number of amides is 1. The van der Waals surface area contributed by atoms with Gasteiger partial charge in [-0.15, -0.1) is 16.8 Å². The van der Waals surface area contributed by atoms with Crippen molar-refractivity contribution >= 4 is 29.3 Å². The Morgan fingerprint density at radius 2 is 2.00 bits per heavy atom. The third-order valence-electron chi connectivity index (χ3n) is 4.35. The average Bonchev–Trinajstić information content (AvgIpc) is 3.14. The number of allylic oxidation sites excluding steroid dienone is 1. The smallest absolute Gasteiger partial charge is 0.335 e. The van der Waals surface area contributed by atoms with Crippen LogP contribution < -0.4 is 10.1 Å². The first-order valence-corrected chi connectivity index (χ1v) is 10.4. The van der Waals surface area contributed by atoms with E-state index in [1.165, 1.54) is 23.9 Å². The molecular formula is C22H22N4O4S. The SMILES string of the molecule is C=CCn1c(Cc2ccc(OC)cc2)nnc1SCC(=O)Nc1cccc(C(=O)O)c1. The van der Waals surface area contributed by atoms with E-state index >= 15 is 0 Å². The van der Waals surface area contributed by atoms with Crippen LogP contribution in [0.3, 0.4) is 0 Å². The number of carboxylic acids is 1. The van der Waals surface area contributed by atoms with E-state index in [1.807, 2.05) is 28.8 Å². The van der Waals surface area contributed by atoms with E-state index < -0.39 is 5.97 Å². The minimum atomic E-state index is -1.05. The second-order valence-electron chi connectivity index (χ2n) is 6.55. The number of nitrogens with one attached hydrogen (secondary N) is 1. The van der Waals surface area contributed by atoms with Crippen LogP contribution in [-0.4, -0.2) is 44.6 Å². The summed E-state index contributed by atoms with van der Waals surface area (Å²) in [7, 11) is 1.62. The Hall–Kier alpha value is -3.59. The number of hydrogen-bond donors (Lipinski definition) is 2. The molecule has 31 heavy (non-hydrogen) atoms. The third-order valence-corrected chi connectivity index (χ3v) is 5.32. The summed E-state index contributed by atoms with van der Waals surface area (Å²) in [5.74, 6) is 0.342. The summed E-state index contributed by atoms with van der Waals surface area (Å²) >= 11 is 1.26. The number of aromatic nitrogens is 3. The highest BCUT2D eigenvalue weighted by atomic mass is 32.2. The zero-order chi connectivity index (χ0) is 22.2. The maximum Gasteiger partial charge on any atom is 0.335 e. The van der Waals surface area contributed by atoms with Crippen molar-refractivity contribution in [3.05, 3.63) is 78.1 Å². The number of aromatic carboxylic acids is 1. The molecule has 0 radical (unpaired) electrons. The molecule has 3 aromatic rings. The Bertz CT molecular complexity index is 1080. The number of carboxylic acid groups (broad SMARTS) is 1. The molecule has 9 heteroatoms. The number of ether oxygens (including phenoxy) is 1. The summed E-state index contributed by atoms with van der Waals surface area (Å²) in [6, 6.07) is 13.8. The fourth-order valence-electron chi connectivity index (χ4n) is 2.85. The van der Waals surface area contributed by atoms with E-state index in [9.17, 15) is 9.59 Å². The average molecular weight is 439 g/mol. The molecule has 3 rings (SSSR count). The van der Waals surface area contributed by atoms with Gasteiger partial charge < -0.3 is 19.7 Å². The van der Waals surface area contributed by atoms with Crippen molar-refractivity contribution in [1.82, 2.24) is 14.8 Å². The van der Waals surface area contributed by atoms with Crippen molar-refractivity contribution in [3.8, 4) is 5.75 Å². The summed E-state index contributed by atoms with van der Waals surface area (Å²) in [4.78, 5) is 23.4. The van der Waals surface area contributed by atoms with Gasteiger partial charge in [-0.1, -0.05) is 36.0 Å². The number of benzene rings is 2. The Kier molecular flexibility index (Phi) is 7.45. The molecule has 1 heterocycles. The van der Waals surface area contributed by atoms with Crippen molar-refractivity contribution in [2.24, 2.45) is 0 Å². The number of carbonyl (C=O) groups is 2. The monoisotopic (exact) mass is 438 g/mol. The van der Waals surface area contributed by atoms with E-state index in [1.54, 1.807) is 25.3 Å². The molecule has 0 spiro atoms. The molecule has 2 N–H and O–H groups in total. The molecule has 1 aromatic heterocycles. The van der Waals surface area contributed by atoms with Crippen molar-refractivity contribution in [1.29, 1.82) is 0 Å². The summed E-state index contributed by atoms with van der Waals surface area (Å²) in [5.41, 5.74) is 1.60. The first-order valence-electron chi connectivity index (χ1n) is 9.42. The van der Waals surface area contributed by atoms with Gasteiger partial charge in [-0.25, -0.2) is 4.79 Å². The van der Waals surface area contributed by atoms with Gasteiger partial charge in [-0.05, 0) is 35.9 Å². The first kappa shape index (κ1) is 22.1. The van der Waals surface area contributed by atoms with E-state index in [4.69, 9.17) is 9.84 Å². The van der Waals surface area contributed by atoms with Crippen LogP contribution >= 0.6 is 11.8 Å². The van der Waals surface area contributed by atoms with E-state index in [0.717, 1.165) is 17.1 Å². The molecule has 0 saturated carbocycles. The maximum absolute atomic E-state index is 12.3. The van der Waals surface area contributed by atoms with Gasteiger partial charge >= 0.3 is 5.97 Å². The lowest BCUT2D eigenvalue weighted by atomic mass is 10.1. The predicted molar refractivity (Wildman–Crippen MR) is 119 cm³/mol. The highest BCUT2D eigenvalue weighted by Gasteiger charge is 2.14. The quantitative estimate of drug-likeness (QED) is 0.369. The molecule has 0 aliphatic heterocycles. The van der Waals surface area contributed by atoms with Crippen LogP contribution in [0.15, 0.2) is 66.3 Å². The lowest BCUT2D eigenvalue weighted by Crippen LogP contribution is -2.15. The highest BCUT2D eigenvalue weighted by Crippen LogP contribution is 2.21. The molecular weight excluding hydrogens is 416 g/mol. The van der Waals surface area contributed by atoms with Gasteiger partial charge in [-0.2, -0.15) is 0 Å². The fraction of sp³-hybridized carbons (Fsp3) is 0.182. The number of anilines is 1. The lowest BCUT2D eigenvalue weighted by Gasteiger charge is -2.09. The molecule has 0 aliphatic carbocycles. The van der Waals surface area contributed by atoms with Crippen LogP contribution in [0.4, 0.5) is 5.69 Å². The molecule has 0 unspecified atom stereocenters. The summed E-state index contributed by atoms with van der Waals surface area (Å²) < 4.78 is 7.10. The zero-order valence-electron chi connectivity index (χ0n) is 16.9. The normalized spacial score (nSPS) is 10.5. The Labute approximate surface area is 184 Å². The van der Waals surface area contributed by atoms with E-state index in [2.05, 4.69) is 22.1 Å². The van der Waals surface area contributed by atoms with E-state index in [0.29, 0.717) is 23.8 Å². The van der Waals surface area contributed by atoms with Crippen molar-refractivity contribution in [2.45, 2.75) is 18.1 Å². The predicted octanol–water partition coefficient (Wildman–Crippen LogP) is 3.49. The third kappa shape index (κ3) is 5.95. The standard InChI is InChI=1S/C22H22N4O4S/c1-3-11-26-19(12-15-7-9-18(30-2)10-8-15)24-25-22(26)31-14-20(27)23-17-6-4-5-16(13-17)21(28)29/h3-10,13H,1,11-12,14H2,2H3,(H,23,27)(H,28,29). The molecule has 8 nitrogen and oxygen atoms in total. The van der Waals surface area contributed by atoms with Gasteiger partial charge in [0.25, 0.3) is 0 Å². The molecule has 0 atom stereocenters. The minimum absolute atomic E-state index is 0.106. The van der Waals surface area contributed by atoms with Crippen LogP contribution in [0.1, 0.15) is 21.7 Å². The van der Waals surface area contributed by atoms with Gasteiger partial charge in [0.05, 0.1) is 18.4 Å². The van der Waals surface area contributed by atoms with Gasteiger partial charge in [0, 0.05) is 18.7 Å². The first-order chi connectivity index (χ1) is 15.0. The van der Waals surface area contributed by atoms with Crippen molar-refractivity contribution < 1.29 is 19.4 Å². The summed E-state index contributed by atoms with van der Waals surface area (Å²) in [6.07, 6.45) is 2.34. The molecule has 0 aliphatic rings. The van der Waals surface area contributed by atoms with Gasteiger partial charge in [0.2, 0.25) is 5.91 Å². The van der Waals surface area contributed by atoms with Gasteiger partial charge in [0.1, 0.15) is 11.6 Å². The molecule has 0 saturated heterocycles. The zero-order valence-corrected chi connectivity index (χ0v) is 17.8. The topological polar surface area (TPSA) is 106 Å². The van der Waals surface area contributed by atoms with Crippen LogP contribution in [-0.2, 0) is 17.8 Å². The minimum Gasteiger partial charge on any atom is -0.497 e. The number of carbonyl (C=O) groups excluding carboxylic acids is 1. The molecule has 1 amide bonds. The second-order valence-corrected chi connectivity index (χ2v) is 7.49. The van der Waals surface area contributed by atoms with Gasteiger partial charge in [0.15, 0.2) is 5.16 Å². The van der Waals surface area contributed by atoms with Crippen LogP contribution in [0.2, 0.25) is 0 Å². The van der Waals surface area contributed by atoms with Crippen molar-refractivity contribution in [3.63, 3.8) is 0 Å². The molecule has 0 fully saturated rings. The van der Waals surface area contributed by atoms with Crippen LogP contribution in [0.25, 0.3) is 0 Å². The molecule has 2 aromatic carbocycles. The lowest BCUT2D eigenvalue weighted by molar-refractivity contribution is -0.113. The summed E-state index contributed by atoms with van der Waals surface area (Å²) in [5, 5.41) is 20.9. The van der Waals surface area contributed by atoms with Gasteiger partial charge in [-0.3, -0.25) is 4.79 Å². The summed E-state index contributed by atoms with van der Waals surface area (Å²) in [6.45, 7) is 4.31. The number of hydrogen-bond acceptors (Lipinski definition) is 6. The molecule has 0 bridgehead atoms. The second kappa shape index (κ2) is 10.4. The number of nitrogens with zero attached hydrogens (tertiary/aromatic N) is 3. The Morgan fingerprint density at radius 3 is 2.68 bits per heavy atom. The largest absolute Gasteiger partial charge is 0.497 e. The fourth-order valence-corrected chi connectivity index (χ4v) is 3.62. The number of methoxy groups -OCH3 is 1. The van der Waals surface area contributed by atoms with Crippen LogP contribution in [0.5, 0.6) is 5.75 Å². The van der Waals surface area contributed by atoms with E-state index in [-0.39, 0.29) is 17.2 Å². The Balaban J connectivity index is 1.65. The maximum atomic E-state index is 12.3. The highest BCUT2D eigenvalue weighted by molar-refractivity contribution is 7.99. The number of thioether (sulfide) groups is 1. The Morgan fingerprint density at radius 1 is 1.23 bits per heavy atom. The number of rotatable bonds is 10. The van der Waals surface area contributed by atoms with Crippen molar-refractivity contribution in [2.75, 3.05) is 18.2 Å².